The van der Waals surface area contributed by atoms with E-state index in [1.165, 1.54) is 36.4 Å². The molecule has 0 aliphatic carbocycles. The number of imidazole rings is 1. The first-order valence-electron chi connectivity index (χ1n) is 13.7. The summed E-state index contributed by atoms with van der Waals surface area (Å²) in [5.41, 5.74) is 0.0867. The summed E-state index contributed by atoms with van der Waals surface area (Å²) in [6, 6.07) is 14.1. The lowest BCUT2D eigenvalue weighted by molar-refractivity contribution is -0.0589. The van der Waals surface area contributed by atoms with Crippen LogP contribution < -0.4 is 9.47 Å². The standard InChI is InChI=1S/C32H22F4N4O5/c33-22-8-17(14-37)4-5-18(22)16-44-29-2-1-3-30(39-29)45-27-13-23(34)19(9-24(27)35)12-28-38-31-25(36)10-20(32(41)42)11-26(31)40(28)15-21-6-7-43-21/h1-5,8-11,13,21H,6-7,12,15-16H2,(H,41,42)/t21-/m0/s1. The SMILES string of the molecule is N#Cc1ccc(COc2cccc(Oc3cc(F)c(Cc4nc5c(F)cc(C(=O)O)cc5n4C[C@@H]4CCO4)cc3F)n2)c(F)c1. The summed E-state index contributed by atoms with van der Waals surface area (Å²) in [6.45, 7) is 0.564. The van der Waals surface area contributed by atoms with Crippen molar-refractivity contribution < 1.29 is 41.7 Å². The van der Waals surface area contributed by atoms with Gasteiger partial charge in [0.1, 0.15) is 29.6 Å². The van der Waals surface area contributed by atoms with Crippen LogP contribution in [0.3, 0.4) is 0 Å². The molecule has 0 spiro atoms. The van der Waals surface area contributed by atoms with Gasteiger partial charge in [0.05, 0.1) is 35.4 Å². The largest absolute Gasteiger partial charge is 0.478 e. The van der Waals surface area contributed by atoms with E-state index in [9.17, 15) is 18.7 Å². The van der Waals surface area contributed by atoms with E-state index in [0.29, 0.717) is 6.61 Å². The number of ether oxygens (including phenoxy) is 3. The van der Waals surface area contributed by atoms with E-state index in [1.54, 1.807) is 4.57 Å². The van der Waals surface area contributed by atoms with Crippen molar-refractivity contribution in [2.75, 3.05) is 6.61 Å². The molecule has 3 heterocycles. The average Bonchev–Trinajstić information content (AvgIpc) is 3.34. The van der Waals surface area contributed by atoms with Gasteiger partial charge in [0, 0.05) is 36.8 Å². The minimum atomic E-state index is -1.32. The minimum absolute atomic E-state index is 0.0291. The topological polar surface area (TPSA) is 119 Å². The van der Waals surface area contributed by atoms with Gasteiger partial charge in [-0.3, -0.25) is 0 Å². The first kappa shape index (κ1) is 29.6. The summed E-state index contributed by atoms with van der Waals surface area (Å²) in [5.74, 6) is -4.90. The van der Waals surface area contributed by atoms with Crippen molar-refractivity contribution in [2.24, 2.45) is 0 Å². The van der Waals surface area contributed by atoms with Gasteiger partial charge in [0.25, 0.3) is 0 Å². The molecule has 0 bridgehead atoms. The average molecular weight is 619 g/mol. The zero-order valence-corrected chi connectivity index (χ0v) is 23.3. The normalized spacial score (nSPS) is 14.2. The predicted molar refractivity (Wildman–Crippen MR) is 150 cm³/mol. The molecule has 1 N–H and O–H groups in total. The second kappa shape index (κ2) is 12.3. The molecule has 2 aromatic heterocycles. The van der Waals surface area contributed by atoms with Crippen LogP contribution in [0.15, 0.2) is 60.7 Å². The molecule has 0 unspecified atom stereocenters. The van der Waals surface area contributed by atoms with Crippen LogP contribution in [0.25, 0.3) is 11.0 Å². The lowest BCUT2D eigenvalue weighted by Gasteiger charge is -2.27. The summed E-state index contributed by atoms with van der Waals surface area (Å²) >= 11 is 0. The van der Waals surface area contributed by atoms with Gasteiger partial charge in [-0.1, -0.05) is 12.1 Å². The lowest BCUT2D eigenvalue weighted by atomic mass is 10.1. The van der Waals surface area contributed by atoms with Gasteiger partial charge >= 0.3 is 5.97 Å². The first-order valence-corrected chi connectivity index (χ1v) is 13.7. The third kappa shape index (κ3) is 6.27. The van der Waals surface area contributed by atoms with Gasteiger partial charge in [-0.15, -0.1) is 0 Å². The number of carboxylic acids is 1. The number of benzene rings is 3. The van der Waals surface area contributed by atoms with Crippen molar-refractivity contribution >= 4 is 17.0 Å². The molecule has 6 rings (SSSR count). The third-order valence-electron chi connectivity index (χ3n) is 7.23. The number of carbonyl (C=O) groups is 1. The van der Waals surface area contributed by atoms with E-state index >= 15 is 8.78 Å². The van der Waals surface area contributed by atoms with E-state index in [0.717, 1.165) is 30.7 Å². The molecule has 0 amide bonds. The molecular formula is C32H22F4N4O5. The number of halogens is 4. The molecule has 0 radical (unpaired) electrons. The Kier molecular flexibility index (Phi) is 8.06. The minimum Gasteiger partial charge on any atom is -0.478 e. The molecule has 1 saturated heterocycles. The van der Waals surface area contributed by atoms with Crippen LogP contribution in [0, 0.1) is 34.6 Å². The van der Waals surface area contributed by atoms with Crippen LogP contribution >= 0.6 is 0 Å². The number of rotatable bonds is 10. The molecular weight excluding hydrogens is 596 g/mol. The Morgan fingerprint density at radius 3 is 2.47 bits per heavy atom. The van der Waals surface area contributed by atoms with Gasteiger partial charge < -0.3 is 23.9 Å². The third-order valence-corrected chi connectivity index (χ3v) is 7.23. The smallest absolute Gasteiger partial charge is 0.335 e. The van der Waals surface area contributed by atoms with Crippen molar-refractivity contribution in [1.29, 1.82) is 5.26 Å². The Bertz CT molecular complexity index is 1990. The fourth-order valence-corrected chi connectivity index (χ4v) is 4.81. The molecule has 1 aliphatic heterocycles. The molecule has 1 fully saturated rings. The molecule has 13 heteroatoms. The first-order chi connectivity index (χ1) is 21.7. The highest BCUT2D eigenvalue weighted by Gasteiger charge is 2.25. The molecule has 228 valence electrons. The highest BCUT2D eigenvalue weighted by molar-refractivity contribution is 5.92. The van der Waals surface area contributed by atoms with Crippen molar-refractivity contribution in [2.45, 2.75) is 32.1 Å². The van der Waals surface area contributed by atoms with Gasteiger partial charge in [0.15, 0.2) is 17.4 Å². The zero-order chi connectivity index (χ0) is 31.7. The summed E-state index contributed by atoms with van der Waals surface area (Å²) in [6.07, 6.45) is 0.271. The Balaban J connectivity index is 1.22. The van der Waals surface area contributed by atoms with E-state index in [2.05, 4.69) is 9.97 Å². The molecule has 0 saturated carbocycles. The second-order valence-electron chi connectivity index (χ2n) is 10.2. The van der Waals surface area contributed by atoms with Crippen LogP contribution in [0.5, 0.6) is 17.5 Å². The van der Waals surface area contributed by atoms with Crippen LogP contribution in [0.2, 0.25) is 0 Å². The Labute approximate surface area is 252 Å². The Morgan fingerprint density at radius 2 is 1.76 bits per heavy atom. The molecule has 45 heavy (non-hydrogen) atoms. The number of carboxylic acid groups (broad SMARTS) is 1. The van der Waals surface area contributed by atoms with Gasteiger partial charge in [-0.05, 0) is 42.3 Å². The maximum absolute atomic E-state index is 15.3. The fourth-order valence-electron chi connectivity index (χ4n) is 4.81. The van der Waals surface area contributed by atoms with Gasteiger partial charge in [-0.2, -0.15) is 10.2 Å². The lowest BCUT2D eigenvalue weighted by Crippen LogP contribution is -2.31. The molecule has 3 aromatic carbocycles. The Morgan fingerprint density at radius 1 is 0.978 bits per heavy atom. The number of fused-ring (bicyclic) bond motifs is 1. The maximum Gasteiger partial charge on any atom is 0.335 e. The number of hydrogen-bond donors (Lipinski definition) is 1. The number of nitrogens with zero attached hydrogens (tertiary/aromatic N) is 4. The number of aromatic nitrogens is 3. The van der Waals surface area contributed by atoms with E-state index in [4.69, 9.17) is 19.5 Å². The number of aromatic carboxylic acids is 1. The van der Waals surface area contributed by atoms with Crippen molar-refractivity contribution in [3.63, 3.8) is 0 Å². The number of pyridine rings is 1. The predicted octanol–water partition coefficient (Wildman–Crippen LogP) is 6.31. The van der Waals surface area contributed by atoms with E-state index in [-0.39, 0.29) is 76.5 Å². The molecule has 5 aromatic rings. The quantitative estimate of drug-likeness (QED) is 0.181. The molecule has 1 atom stereocenters. The number of hydrogen-bond acceptors (Lipinski definition) is 7. The van der Waals surface area contributed by atoms with E-state index in [1.807, 2.05) is 6.07 Å². The maximum atomic E-state index is 15.3. The Hall–Kier alpha value is -5.48. The zero-order valence-electron chi connectivity index (χ0n) is 23.3. The monoisotopic (exact) mass is 618 g/mol. The van der Waals surface area contributed by atoms with Crippen LogP contribution in [0.4, 0.5) is 17.6 Å². The van der Waals surface area contributed by atoms with Gasteiger partial charge in [0.2, 0.25) is 11.8 Å². The summed E-state index contributed by atoms with van der Waals surface area (Å²) in [5, 5.41) is 18.3. The van der Waals surface area contributed by atoms with Gasteiger partial charge in [-0.25, -0.2) is 27.3 Å². The fraction of sp³-hybridized carbons (Fsp3) is 0.188. The summed E-state index contributed by atoms with van der Waals surface area (Å²) in [7, 11) is 0. The van der Waals surface area contributed by atoms with Crippen LogP contribution in [-0.4, -0.2) is 38.3 Å². The van der Waals surface area contributed by atoms with E-state index < -0.39 is 35.0 Å². The van der Waals surface area contributed by atoms with Crippen molar-refractivity contribution in [3.05, 3.63) is 112 Å². The van der Waals surface area contributed by atoms with Crippen molar-refractivity contribution in [1.82, 2.24) is 14.5 Å². The highest BCUT2D eigenvalue weighted by Crippen LogP contribution is 2.30. The van der Waals surface area contributed by atoms with Crippen LogP contribution in [-0.2, 0) is 24.3 Å². The molecule has 1 aliphatic rings. The summed E-state index contributed by atoms with van der Waals surface area (Å²) < 4.78 is 77.5. The highest BCUT2D eigenvalue weighted by atomic mass is 19.1. The second-order valence-corrected chi connectivity index (χ2v) is 10.2. The molecule has 9 nitrogen and oxygen atoms in total. The summed E-state index contributed by atoms with van der Waals surface area (Å²) in [4.78, 5) is 19.9. The van der Waals surface area contributed by atoms with Crippen LogP contribution in [0.1, 0.15) is 39.3 Å². The number of nitriles is 1. The van der Waals surface area contributed by atoms with Crippen molar-refractivity contribution in [3.8, 4) is 23.6 Å².